The van der Waals surface area contributed by atoms with E-state index < -0.39 is 32.9 Å². The molecule has 0 aromatic carbocycles. The van der Waals surface area contributed by atoms with E-state index in [4.69, 9.17) is 28.2 Å². The molecular weight excluding hydrogens is 454 g/mol. The Labute approximate surface area is 187 Å². The molecule has 0 spiro atoms. The normalized spacial score (nSPS) is 21.3. The molecule has 0 saturated carbocycles. The van der Waals surface area contributed by atoms with E-state index in [0.717, 1.165) is 12.8 Å². The minimum absolute atomic E-state index is 0.160. The van der Waals surface area contributed by atoms with Crippen molar-refractivity contribution in [1.29, 1.82) is 0 Å². The summed E-state index contributed by atoms with van der Waals surface area (Å²) < 4.78 is 85.3. The van der Waals surface area contributed by atoms with E-state index in [-0.39, 0.29) is 24.0 Å². The van der Waals surface area contributed by atoms with Crippen LogP contribution in [-0.4, -0.2) is 83.2 Å². The Morgan fingerprint density at radius 2 is 1.44 bits per heavy atom. The van der Waals surface area contributed by atoms with Gasteiger partial charge >= 0.3 is 21.3 Å². The maximum absolute atomic E-state index is 13.9. The van der Waals surface area contributed by atoms with Crippen LogP contribution in [0.4, 0.5) is 8.78 Å². The molecule has 2 saturated heterocycles. The van der Waals surface area contributed by atoms with E-state index in [1.54, 1.807) is 0 Å². The molecule has 1 atom stereocenters. The van der Waals surface area contributed by atoms with Crippen LogP contribution < -0.4 is 0 Å². The summed E-state index contributed by atoms with van der Waals surface area (Å²) in [5, 5.41) is -4.66. The maximum Gasteiger partial charge on any atom is 0.405 e. The standard InChI is InChI=1S/C20H34F2O9S/c1-5-18(11-29-12-18)9-27-7-17(4,8-28-10-19(6-2)13-30-14-19)16(23)31-15(3)20(21,22)32(24,25)26/h15H,5-14H2,1-4H3,(H,24,25,26). The quantitative estimate of drug-likeness (QED) is 0.290. The highest BCUT2D eigenvalue weighted by Crippen LogP contribution is 2.35. The summed E-state index contributed by atoms with van der Waals surface area (Å²) >= 11 is 0. The van der Waals surface area contributed by atoms with Gasteiger partial charge in [-0.3, -0.25) is 9.35 Å². The Bertz CT molecular complexity index is 709. The molecule has 1 N–H and O–H groups in total. The van der Waals surface area contributed by atoms with Crippen LogP contribution in [0.3, 0.4) is 0 Å². The molecule has 2 heterocycles. The van der Waals surface area contributed by atoms with Crippen LogP contribution in [0.25, 0.3) is 0 Å². The third-order valence-electron chi connectivity index (χ3n) is 6.38. The lowest BCUT2D eigenvalue weighted by atomic mass is 9.84. The average Bonchev–Trinajstić information content (AvgIpc) is 2.65. The first kappa shape index (κ1) is 27.3. The number of hydrogen-bond donors (Lipinski definition) is 1. The minimum Gasteiger partial charge on any atom is -0.454 e. The van der Waals surface area contributed by atoms with E-state index in [1.165, 1.54) is 6.92 Å². The second-order valence-corrected chi connectivity index (χ2v) is 10.8. The molecule has 188 valence electrons. The predicted octanol–water partition coefficient (Wildman–Crippen LogP) is 2.29. The van der Waals surface area contributed by atoms with Crippen LogP contribution in [0.1, 0.15) is 40.5 Å². The average molecular weight is 489 g/mol. The third-order valence-corrected chi connectivity index (χ3v) is 7.40. The van der Waals surface area contributed by atoms with Gasteiger partial charge < -0.3 is 23.7 Å². The SMILES string of the molecule is CCC1(COCC(C)(COCC2(CC)COC2)C(=O)OC(C)C(F)(F)S(=O)(=O)O)COC1. The monoisotopic (exact) mass is 488 g/mol. The number of rotatable bonds is 14. The fourth-order valence-electron chi connectivity index (χ4n) is 3.29. The number of halogens is 2. The topological polar surface area (TPSA) is 118 Å². The van der Waals surface area contributed by atoms with Gasteiger partial charge in [-0.25, -0.2) is 0 Å². The van der Waals surface area contributed by atoms with Gasteiger partial charge in [-0.05, 0) is 26.7 Å². The highest BCUT2D eigenvalue weighted by atomic mass is 32.2. The molecule has 1 unspecified atom stereocenters. The van der Waals surface area contributed by atoms with E-state index in [1.807, 2.05) is 13.8 Å². The molecule has 12 heteroatoms. The summed E-state index contributed by atoms with van der Waals surface area (Å²) in [5.74, 6) is -1.11. The van der Waals surface area contributed by atoms with Crippen LogP contribution in [-0.2, 0) is 38.6 Å². The maximum atomic E-state index is 13.9. The molecule has 0 amide bonds. The van der Waals surface area contributed by atoms with Gasteiger partial charge in [0.05, 0.1) is 52.9 Å². The smallest absolute Gasteiger partial charge is 0.405 e. The van der Waals surface area contributed by atoms with Gasteiger partial charge in [-0.2, -0.15) is 17.2 Å². The Morgan fingerprint density at radius 1 is 1.03 bits per heavy atom. The Morgan fingerprint density at radius 3 is 1.72 bits per heavy atom. The van der Waals surface area contributed by atoms with Crippen molar-refractivity contribution in [3.8, 4) is 0 Å². The Hall–Kier alpha value is -0.920. The van der Waals surface area contributed by atoms with E-state index >= 15 is 0 Å². The third kappa shape index (κ3) is 5.95. The van der Waals surface area contributed by atoms with Gasteiger partial charge in [-0.1, -0.05) is 13.8 Å². The molecule has 0 radical (unpaired) electrons. The molecule has 0 bridgehead atoms. The van der Waals surface area contributed by atoms with Gasteiger partial charge in [-0.15, -0.1) is 0 Å². The molecule has 0 aliphatic carbocycles. The number of carbonyl (C=O) groups is 1. The lowest BCUT2D eigenvalue weighted by Crippen LogP contribution is -2.50. The Balaban J connectivity index is 2.06. The van der Waals surface area contributed by atoms with E-state index in [0.29, 0.717) is 46.6 Å². The predicted molar refractivity (Wildman–Crippen MR) is 109 cm³/mol. The van der Waals surface area contributed by atoms with Crippen LogP contribution in [0.5, 0.6) is 0 Å². The summed E-state index contributed by atoms with van der Waals surface area (Å²) in [5.41, 5.74) is -1.80. The van der Waals surface area contributed by atoms with Crippen molar-refractivity contribution < 1.29 is 50.2 Å². The molecule has 32 heavy (non-hydrogen) atoms. The molecule has 0 aromatic heterocycles. The second kappa shape index (κ2) is 10.1. The summed E-state index contributed by atoms with van der Waals surface area (Å²) in [6.07, 6.45) is -0.795. The summed E-state index contributed by atoms with van der Waals surface area (Å²) in [6, 6.07) is 0. The number of esters is 1. The highest BCUT2D eigenvalue weighted by molar-refractivity contribution is 7.86. The largest absolute Gasteiger partial charge is 0.454 e. The molecule has 2 rings (SSSR count). The zero-order valence-electron chi connectivity index (χ0n) is 19.0. The second-order valence-electron chi connectivity index (χ2n) is 9.32. The molecular formula is C20H34F2O9S. The molecule has 9 nitrogen and oxygen atoms in total. The highest BCUT2D eigenvalue weighted by Gasteiger charge is 2.53. The first-order valence-corrected chi connectivity index (χ1v) is 12.1. The lowest BCUT2D eigenvalue weighted by molar-refractivity contribution is -0.192. The van der Waals surface area contributed by atoms with Gasteiger partial charge in [0.1, 0.15) is 5.41 Å². The lowest BCUT2D eigenvalue weighted by Gasteiger charge is -2.42. The molecule has 2 fully saturated rings. The van der Waals surface area contributed by atoms with Crippen molar-refractivity contribution >= 4 is 16.1 Å². The number of ether oxygens (including phenoxy) is 5. The van der Waals surface area contributed by atoms with E-state index in [2.05, 4.69) is 0 Å². The zero-order chi connectivity index (χ0) is 24.3. The van der Waals surface area contributed by atoms with Crippen molar-refractivity contribution in [2.24, 2.45) is 16.2 Å². The first-order valence-electron chi connectivity index (χ1n) is 10.6. The van der Waals surface area contributed by atoms with Gasteiger partial charge in [0, 0.05) is 10.8 Å². The number of carbonyl (C=O) groups excluding carboxylic acids is 1. The van der Waals surface area contributed by atoms with Gasteiger partial charge in [0.2, 0.25) is 0 Å². The number of alkyl halides is 2. The molecule has 2 aliphatic heterocycles. The van der Waals surface area contributed by atoms with Crippen molar-refractivity contribution in [1.82, 2.24) is 0 Å². The van der Waals surface area contributed by atoms with Crippen LogP contribution in [0, 0.1) is 16.2 Å². The van der Waals surface area contributed by atoms with Crippen LogP contribution in [0.2, 0.25) is 0 Å². The van der Waals surface area contributed by atoms with Crippen molar-refractivity contribution in [2.45, 2.75) is 51.9 Å². The van der Waals surface area contributed by atoms with Crippen molar-refractivity contribution in [2.75, 3.05) is 52.9 Å². The van der Waals surface area contributed by atoms with E-state index in [9.17, 15) is 22.0 Å². The molecule has 2 aliphatic rings. The van der Waals surface area contributed by atoms with Crippen molar-refractivity contribution in [3.05, 3.63) is 0 Å². The minimum atomic E-state index is -5.76. The van der Waals surface area contributed by atoms with Gasteiger partial charge in [0.15, 0.2) is 6.10 Å². The van der Waals surface area contributed by atoms with Crippen LogP contribution >= 0.6 is 0 Å². The fraction of sp³-hybridized carbons (Fsp3) is 0.950. The number of hydrogen-bond acceptors (Lipinski definition) is 8. The fourth-order valence-corrected chi connectivity index (χ4v) is 3.75. The summed E-state index contributed by atoms with van der Waals surface area (Å²) in [6.45, 7) is 8.46. The molecule has 0 aromatic rings. The van der Waals surface area contributed by atoms with Crippen molar-refractivity contribution in [3.63, 3.8) is 0 Å². The zero-order valence-corrected chi connectivity index (χ0v) is 19.8. The first-order chi connectivity index (χ1) is 14.7. The Kier molecular flexibility index (Phi) is 8.66. The summed E-state index contributed by atoms with van der Waals surface area (Å²) in [7, 11) is -5.76. The van der Waals surface area contributed by atoms with Crippen LogP contribution in [0.15, 0.2) is 0 Å². The summed E-state index contributed by atoms with van der Waals surface area (Å²) in [4.78, 5) is 12.8. The van der Waals surface area contributed by atoms with Gasteiger partial charge in [0.25, 0.3) is 0 Å².